The van der Waals surface area contributed by atoms with E-state index in [1.165, 1.54) is 12.1 Å². The van der Waals surface area contributed by atoms with Crippen molar-refractivity contribution < 1.29 is 9.13 Å². The molecule has 0 N–H and O–H groups in total. The predicted molar refractivity (Wildman–Crippen MR) is 92.5 cm³/mol. The molecule has 0 atom stereocenters. The maximum atomic E-state index is 13.3. The summed E-state index contributed by atoms with van der Waals surface area (Å²) in [5.74, 6) is 1.96. The second-order valence-electron chi connectivity index (χ2n) is 6.42. The second-order valence-corrected chi connectivity index (χ2v) is 6.42. The molecule has 6 nitrogen and oxygen atoms in total. The van der Waals surface area contributed by atoms with Crippen molar-refractivity contribution in [3.8, 4) is 5.75 Å². The van der Waals surface area contributed by atoms with E-state index in [1.807, 2.05) is 19.9 Å². The van der Waals surface area contributed by atoms with Crippen LogP contribution in [0.1, 0.15) is 24.2 Å². The highest BCUT2D eigenvalue weighted by Gasteiger charge is 2.23. The van der Waals surface area contributed by atoms with Gasteiger partial charge in [-0.3, -0.25) is 0 Å². The highest BCUT2D eigenvalue weighted by atomic mass is 19.1. The number of nitrogens with zero attached hydrogens (tertiary/aromatic N) is 5. The van der Waals surface area contributed by atoms with Crippen LogP contribution in [-0.4, -0.2) is 39.0 Å². The van der Waals surface area contributed by atoms with Gasteiger partial charge in [0.1, 0.15) is 23.5 Å². The zero-order chi connectivity index (χ0) is 17.4. The van der Waals surface area contributed by atoms with Crippen LogP contribution in [-0.2, 0) is 0 Å². The SMILES string of the molecule is Cc1nc2cc(C)c(N3CCC(Oc4cccc(F)c4)CC3)nn2n1. The normalized spacial score (nSPS) is 15.7. The van der Waals surface area contributed by atoms with Crippen molar-refractivity contribution in [3.05, 3.63) is 47.5 Å². The van der Waals surface area contributed by atoms with Gasteiger partial charge in [-0.1, -0.05) is 6.07 Å². The first-order valence-electron chi connectivity index (χ1n) is 8.47. The van der Waals surface area contributed by atoms with Crippen molar-refractivity contribution in [3.63, 3.8) is 0 Å². The van der Waals surface area contributed by atoms with E-state index in [4.69, 9.17) is 4.74 Å². The number of piperidine rings is 1. The summed E-state index contributed by atoms with van der Waals surface area (Å²) in [7, 11) is 0. The number of fused-ring (bicyclic) bond motifs is 1. The quantitative estimate of drug-likeness (QED) is 0.733. The lowest BCUT2D eigenvalue weighted by Crippen LogP contribution is -2.39. The minimum absolute atomic E-state index is 0.0932. The molecule has 1 fully saturated rings. The summed E-state index contributed by atoms with van der Waals surface area (Å²) in [6, 6.07) is 8.33. The highest BCUT2D eigenvalue weighted by Crippen LogP contribution is 2.25. The minimum atomic E-state index is -0.272. The molecule has 0 spiro atoms. The summed E-state index contributed by atoms with van der Waals surface area (Å²) in [4.78, 5) is 6.59. The fourth-order valence-corrected chi connectivity index (χ4v) is 3.24. The molecule has 0 radical (unpaired) electrons. The second kappa shape index (κ2) is 6.31. The summed E-state index contributed by atoms with van der Waals surface area (Å²) in [5.41, 5.74) is 1.85. The summed E-state index contributed by atoms with van der Waals surface area (Å²) in [6.45, 7) is 5.58. The molecule has 3 heterocycles. The molecule has 130 valence electrons. The molecular formula is C18H20FN5O. The Morgan fingerprint density at radius 2 is 1.92 bits per heavy atom. The van der Waals surface area contributed by atoms with Crippen molar-refractivity contribution in [1.29, 1.82) is 0 Å². The van der Waals surface area contributed by atoms with E-state index in [0.717, 1.165) is 43.0 Å². The van der Waals surface area contributed by atoms with Crippen LogP contribution in [0.2, 0.25) is 0 Å². The third-order valence-corrected chi connectivity index (χ3v) is 4.45. The standard InChI is InChI=1S/C18H20FN5O/c1-12-10-17-20-13(2)21-24(17)22-18(12)23-8-6-15(7-9-23)25-16-5-3-4-14(19)11-16/h3-5,10-11,15H,6-9H2,1-2H3. The molecule has 1 aliphatic heterocycles. The first kappa shape index (κ1) is 15.8. The molecule has 1 saturated heterocycles. The largest absolute Gasteiger partial charge is 0.490 e. The monoisotopic (exact) mass is 341 g/mol. The Bertz CT molecular complexity index is 902. The van der Waals surface area contributed by atoms with Crippen LogP contribution in [0.5, 0.6) is 5.75 Å². The van der Waals surface area contributed by atoms with Crippen LogP contribution in [0.25, 0.3) is 5.65 Å². The van der Waals surface area contributed by atoms with Gasteiger partial charge in [-0.25, -0.2) is 9.37 Å². The summed E-state index contributed by atoms with van der Waals surface area (Å²) in [5, 5.41) is 8.91. The van der Waals surface area contributed by atoms with E-state index >= 15 is 0 Å². The lowest BCUT2D eigenvalue weighted by molar-refractivity contribution is 0.170. The predicted octanol–water partition coefficient (Wildman–Crippen LogP) is 2.93. The average Bonchev–Trinajstić information content (AvgIpc) is 2.94. The Labute approximate surface area is 145 Å². The van der Waals surface area contributed by atoms with E-state index in [9.17, 15) is 4.39 Å². The molecule has 0 bridgehead atoms. The average molecular weight is 341 g/mol. The highest BCUT2D eigenvalue weighted by molar-refractivity contribution is 5.52. The number of aryl methyl sites for hydroxylation is 2. The van der Waals surface area contributed by atoms with Gasteiger partial charge in [-0.15, -0.1) is 14.8 Å². The van der Waals surface area contributed by atoms with Crippen LogP contribution in [0.4, 0.5) is 10.2 Å². The molecule has 1 aliphatic rings. The number of aromatic nitrogens is 4. The number of benzene rings is 1. The topological polar surface area (TPSA) is 55.5 Å². The Morgan fingerprint density at radius 3 is 2.68 bits per heavy atom. The Morgan fingerprint density at radius 1 is 1.12 bits per heavy atom. The third-order valence-electron chi connectivity index (χ3n) is 4.45. The van der Waals surface area contributed by atoms with Crippen LogP contribution in [0.15, 0.2) is 30.3 Å². The molecule has 0 saturated carbocycles. The van der Waals surface area contributed by atoms with E-state index in [0.29, 0.717) is 11.6 Å². The minimum Gasteiger partial charge on any atom is -0.490 e. The summed E-state index contributed by atoms with van der Waals surface area (Å²) >= 11 is 0. The molecule has 25 heavy (non-hydrogen) atoms. The van der Waals surface area contributed by atoms with Gasteiger partial charge in [0, 0.05) is 32.0 Å². The van der Waals surface area contributed by atoms with Crippen LogP contribution < -0.4 is 9.64 Å². The molecule has 4 rings (SSSR count). The molecule has 7 heteroatoms. The van der Waals surface area contributed by atoms with Gasteiger partial charge < -0.3 is 9.64 Å². The van der Waals surface area contributed by atoms with Gasteiger partial charge in [0.05, 0.1) is 0 Å². The Hall–Kier alpha value is -2.70. The fourth-order valence-electron chi connectivity index (χ4n) is 3.24. The molecule has 0 amide bonds. The molecule has 3 aromatic rings. The molecule has 0 aliphatic carbocycles. The van der Waals surface area contributed by atoms with Crippen LogP contribution in [0.3, 0.4) is 0 Å². The van der Waals surface area contributed by atoms with Gasteiger partial charge in [-0.05, 0) is 37.6 Å². The van der Waals surface area contributed by atoms with Crippen molar-refractivity contribution in [2.45, 2.75) is 32.8 Å². The molecule has 1 aromatic carbocycles. The zero-order valence-corrected chi connectivity index (χ0v) is 14.3. The van der Waals surface area contributed by atoms with Gasteiger partial charge >= 0.3 is 0 Å². The van der Waals surface area contributed by atoms with Crippen molar-refractivity contribution in [2.75, 3.05) is 18.0 Å². The fraction of sp³-hybridized carbons (Fsp3) is 0.389. The number of ether oxygens (including phenoxy) is 1. The van der Waals surface area contributed by atoms with Crippen LogP contribution in [0, 0.1) is 19.7 Å². The van der Waals surface area contributed by atoms with E-state index in [1.54, 1.807) is 16.8 Å². The van der Waals surface area contributed by atoms with Gasteiger partial charge in [0.25, 0.3) is 0 Å². The third kappa shape index (κ3) is 3.26. The maximum absolute atomic E-state index is 13.3. The zero-order valence-electron chi connectivity index (χ0n) is 14.3. The number of rotatable bonds is 3. The Kier molecular flexibility index (Phi) is 3.99. The first-order chi connectivity index (χ1) is 12.1. The van der Waals surface area contributed by atoms with Crippen molar-refractivity contribution in [1.82, 2.24) is 19.8 Å². The Balaban J connectivity index is 1.45. The maximum Gasteiger partial charge on any atom is 0.176 e. The number of hydrogen-bond acceptors (Lipinski definition) is 5. The van der Waals surface area contributed by atoms with E-state index < -0.39 is 0 Å². The van der Waals surface area contributed by atoms with Crippen molar-refractivity contribution >= 4 is 11.5 Å². The molecular weight excluding hydrogens is 321 g/mol. The summed E-state index contributed by atoms with van der Waals surface area (Å²) in [6.07, 6.45) is 1.83. The number of hydrogen-bond donors (Lipinski definition) is 0. The first-order valence-corrected chi connectivity index (χ1v) is 8.47. The van der Waals surface area contributed by atoms with E-state index in [2.05, 4.69) is 20.1 Å². The number of anilines is 1. The van der Waals surface area contributed by atoms with Gasteiger partial charge in [0.2, 0.25) is 0 Å². The van der Waals surface area contributed by atoms with Crippen LogP contribution >= 0.6 is 0 Å². The van der Waals surface area contributed by atoms with Gasteiger partial charge in [0.15, 0.2) is 11.5 Å². The lowest BCUT2D eigenvalue weighted by atomic mass is 10.1. The van der Waals surface area contributed by atoms with Gasteiger partial charge in [-0.2, -0.15) is 0 Å². The smallest absolute Gasteiger partial charge is 0.176 e. The molecule has 2 aromatic heterocycles. The van der Waals surface area contributed by atoms with Crippen molar-refractivity contribution in [2.24, 2.45) is 0 Å². The summed E-state index contributed by atoms with van der Waals surface area (Å²) < 4.78 is 20.8. The van der Waals surface area contributed by atoms with E-state index in [-0.39, 0.29) is 11.9 Å². The molecule has 0 unspecified atom stereocenters. The number of halogens is 1. The lowest BCUT2D eigenvalue weighted by Gasteiger charge is -2.33.